The average Bonchev–Trinajstić information content (AvgIpc) is 3.61. The molecule has 1 amide bonds. The molecule has 3 unspecified atom stereocenters. The molecule has 3 atom stereocenters. The van der Waals surface area contributed by atoms with E-state index in [1.54, 1.807) is 12.1 Å². The van der Waals surface area contributed by atoms with Gasteiger partial charge in [-0.1, -0.05) is 18.2 Å². The Bertz CT molecular complexity index is 1690. The number of aromatic nitrogens is 3. The standard InChI is InChI=1S/C30H22F8N4O2/c31-16-8-14(9-17(32)11-16)10-22(25-19(2-1-7-39-25)15-3-5-18(6-4-15)44-29(35)36)40-23(43)13-42-27-24(26(41-42)28(33)34)20-12-21(20)30(27,37)38/h1-9,11,20-22,28-29H,10,12-13H2,(H,40,43). The van der Waals surface area contributed by atoms with Gasteiger partial charge < -0.3 is 10.1 Å². The lowest BCUT2D eigenvalue weighted by Crippen LogP contribution is -2.35. The van der Waals surface area contributed by atoms with Crippen molar-refractivity contribution in [2.75, 3.05) is 0 Å². The minimum absolute atomic E-state index is 0.0571. The predicted molar refractivity (Wildman–Crippen MR) is 139 cm³/mol. The highest BCUT2D eigenvalue weighted by atomic mass is 19.3. The van der Waals surface area contributed by atoms with Gasteiger partial charge >= 0.3 is 6.61 Å². The molecule has 1 saturated carbocycles. The summed E-state index contributed by atoms with van der Waals surface area (Å²) in [6.07, 6.45) is -1.88. The maximum absolute atomic E-state index is 15.0. The molecule has 230 valence electrons. The number of hydrogen-bond acceptors (Lipinski definition) is 4. The number of nitrogens with zero attached hydrogens (tertiary/aromatic N) is 3. The summed E-state index contributed by atoms with van der Waals surface area (Å²) in [6.45, 7) is -3.88. The Kier molecular flexibility index (Phi) is 7.54. The predicted octanol–water partition coefficient (Wildman–Crippen LogP) is 7.07. The van der Waals surface area contributed by atoms with Crippen LogP contribution >= 0.6 is 0 Å². The normalized spacial score (nSPS) is 18.7. The summed E-state index contributed by atoms with van der Waals surface area (Å²) >= 11 is 0. The number of carbonyl (C=O) groups excluding carboxylic acids is 1. The summed E-state index contributed by atoms with van der Waals surface area (Å²) in [5.41, 5.74) is -0.529. The molecule has 0 bridgehead atoms. The number of rotatable bonds is 10. The Morgan fingerprint density at radius 2 is 1.73 bits per heavy atom. The second-order valence-electron chi connectivity index (χ2n) is 10.6. The molecule has 1 N–H and O–H groups in total. The first-order valence-corrected chi connectivity index (χ1v) is 13.4. The zero-order valence-corrected chi connectivity index (χ0v) is 22.5. The molecule has 1 fully saturated rings. The van der Waals surface area contributed by atoms with Crippen molar-refractivity contribution in [2.45, 2.75) is 50.3 Å². The maximum Gasteiger partial charge on any atom is 0.387 e. The van der Waals surface area contributed by atoms with E-state index >= 15 is 8.78 Å². The second-order valence-corrected chi connectivity index (χ2v) is 10.6. The van der Waals surface area contributed by atoms with Crippen LogP contribution in [0.15, 0.2) is 60.8 Å². The summed E-state index contributed by atoms with van der Waals surface area (Å²) in [5, 5.41) is 6.30. The van der Waals surface area contributed by atoms with Gasteiger partial charge in [0.1, 0.15) is 35.3 Å². The highest BCUT2D eigenvalue weighted by Crippen LogP contribution is 2.68. The van der Waals surface area contributed by atoms with Crippen molar-refractivity contribution in [1.29, 1.82) is 0 Å². The van der Waals surface area contributed by atoms with Gasteiger partial charge in [-0.2, -0.15) is 22.7 Å². The Hall–Kier alpha value is -4.49. The first-order chi connectivity index (χ1) is 20.9. The van der Waals surface area contributed by atoms with Crippen molar-refractivity contribution in [1.82, 2.24) is 20.1 Å². The van der Waals surface area contributed by atoms with Crippen LogP contribution in [0.25, 0.3) is 11.1 Å². The molecule has 6 nitrogen and oxygen atoms in total. The van der Waals surface area contributed by atoms with Gasteiger partial charge in [0.2, 0.25) is 5.91 Å². The SMILES string of the molecule is O=C(Cn1nc(C(F)F)c2c1C(F)(F)C1CC21)NC(Cc1cc(F)cc(F)c1)c1ncccc1-c1ccc(OC(F)F)cc1. The number of fused-ring (bicyclic) bond motifs is 3. The van der Waals surface area contributed by atoms with Crippen LogP contribution in [0, 0.1) is 17.6 Å². The van der Waals surface area contributed by atoms with E-state index in [9.17, 15) is 31.1 Å². The number of hydrogen-bond donors (Lipinski definition) is 1. The third-order valence-corrected chi connectivity index (χ3v) is 7.72. The smallest absolute Gasteiger partial charge is 0.387 e. The van der Waals surface area contributed by atoms with E-state index in [2.05, 4.69) is 20.1 Å². The fourth-order valence-corrected chi connectivity index (χ4v) is 5.89. The van der Waals surface area contributed by atoms with Crippen LogP contribution in [0.5, 0.6) is 5.75 Å². The molecule has 2 aromatic carbocycles. The summed E-state index contributed by atoms with van der Waals surface area (Å²) in [5.74, 6) is -8.07. The molecule has 2 aliphatic rings. The molecule has 2 aromatic heterocycles. The van der Waals surface area contributed by atoms with Gasteiger partial charge in [0, 0.05) is 29.3 Å². The van der Waals surface area contributed by atoms with Crippen LogP contribution in [0.3, 0.4) is 0 Å². The summed E-state index contributed by atoms with van der Waals surface area (Å²) in [6, 6.07) is 10.3. The van der Waals surface area contributed by atoms with Gasteiger partial charge in [-0.15, -0.1) is 0 Å². The van der Waals surface area contributed by atoms with E-state index < -0.39 is 72.3 Å². The molecule has 6 rings (SSSR count). The number of halogens is 8. The Morgan fingerprint density at radius 3 is 2.39 bits per heavy atom. The first-order valence-electron chi connectivity index (χ1n) is 13.4. The Morgan fingerprint density at radius 1 is 1.02 bits per heavy atom. The molecule has 44 heavy (non-hydrogen) atoms. The third kappa shape index (κ3) is 5.60. The van der Waals surface area contributed by atoms with E-state index in [4.69, 9.17) is 0 Å². The minimum Gasteiger partial charge on any atom is -0.435 e. The molecule has 2 aliphatic carbocycles. The van der Waals surface area contributed by atoms with E-state index in [-0.39, 0.29) is 35.4 Å². The van der Waals surface area contributed by atoms with Crippen LogP contribution in [0.4, 0.5) is 35.1 Å². The highest BCUT2D eigenvalue weighted by molar-refractivity contribution is 5.77. The molecule has 0 aliphatic heterocycles. The number of ether oxygens (including phenoxy) is 1. The number of benzene rings is 2. The topological polar surface area (TPSA) is 69.0 Å². The van der Waals surface area contributed by atoms with Gasteiger partial charge in [-0.05, 0) is 60.2 Å². The number of nitrogens with one attached hydrogen (secondary N) is 1. The minimum atomic E-state index is -3.44. The lowest BCUT2D eigenvalue weighted by molar-refractivity contribution is -0.123. The number of carbonyl (C=O) groups is 1. The van der Waals surface area contributed by atoms with E-state index in [1.807, 2.05) is 0 Å². The second kappa shape index (κ2) is 11.2. The lowest BCUT2D eigenvalue weighted by Gasteiger charge is -2.22. The van der Waals surface area contributed by atoms with Gasteiger partial charge in [0.25, 0.3) is 12.3 Å². The van der Waals surface area contributed by atoms with Crippen molar-refractivity contribution in [3.8, 4) is 16.9 Å². The summed E-state index contributed by atoms with van der Waals surface area (Å²) in [7, 11) is 0. The van der Waals surface area contributed by atoms with Crippen molar-refractivity contribution < 1.29 is 44.7 Å². The van der Waals surface area contributed by atoms with Crippen molar-refractivity contribution in [3.05, 3.63) is 101 Å². The summed E-state index contributed by atoms with van der Waals surface area (Å²) in [4.78, 5) is 17.7. The molecule has 14 heteroatoms. The quantitative estimate of drug-likeness (QED) is 0.192. The molecule has 0 saturated heterocycles. The summed E-state index contributed by atoms with van der Waals surface area (Å²) < 4.78 is 116. The van der Waals surface area contributed by atoms with Crippen LogP contribution in [0.1, 0.15) is 53.0 Å². The number of pyridine rings is 1. The average molecular weight is 623 g/mol. The fraction of sp³-hybridized carbons (Fsp3) is 0.300. The van der Waals surface area contributed by atoms with Crippen molar-refractivity contribution >= 4 is 5.91 Å². The Balaban J connectivity index is 1.33. The molecular formula is C30H22F8N4O2. The van der Waals surface area contributed by atoms with Gasteiger partial charge in [0.15, 0.2) is 0 Å². The molecule has 0 radical (unpaired) electrons. The highest BCUT2D eigenvalue weighted by Gasteiger charge is 2.67. The largest absolute Gasteiger partial charge is 0.435 e. The van der Waals surface area contributed by atoms with Crippen molar-refractivity contribution in [3.63, 3.8) is 0 Å². The van der Waals surface area contributed by atoms with Crippen molar-refractivity contribution in [2.24, 2.45) is 5.92 Å². The molecule has 4 aromatic rings. The van der Waals surface area contributed by atoms with Crippen LogP contribution in [0.2, 0.25) is 0 Å². The van der Waals surface area contributed by atoms with E-state index in [0.29, 0.717) is 21.9 Å². The zero-order chi connectivity index (χ0) is 31.3. The number of alkyl halides is 6. The zero-order valence-electron chi connectivity index (χ0n) is 22.5. The molecule has 2 heterocycles. The van der Waals surface area contributed by atoms with Gasteiger partial charge in [-0.25, -0.2) is 17.6 Å². The molecular weight excluding hydrogens is 600 g/mol. The van der Waals surface area contributed by atoms with Gasteiger partial charge in [-0.3, -0.25) is 14.5 Å². The monoisotopic (exact) mass is 622 g/mol. The van der Waals surface area contributed by atoms with Crippen LogP contribution in [-0.4, -0.2) is 27.3 Å². The van der Waals surface area contributed by atoms with E-state index in [0.717, 1.165) is 12.1 Å². The molecule has 0 spiro atoms. The third-order valence-electron chi connectivity index (χ3n) is 7.72. The van der Waals surface area contributed by atoms with Crippen LogP contribution in [-0.2, 0) is 23.7 Å². The Labute approximate surface area is 244 Å². The van der Waals surface area contributed by atoms with Crippen LogP contribution < -0.4 is 10.1 Å². The maximum atomic E-state index is 15.0. The first kappa shape index (κ1) is 29.6. The lowest BCUT2D eigenvalue weighted by atomic mass is 9.95. The van der Waals surface area contributed by atoms with Gasteiger partial charge in [0.05, 0.1) is 11.7 Å². The van der Waals surface area contributed by atoms with E-state index in [1.165, 1.54) is 30.5 Å². The number of amides is 1. The fourth-order valence-electron chi connectivity index (χ4n) is 5.89.